The molecule has 0 aromatic carbocycles. The second kappa shape index (κ2) is 6.16. The van der Waals surface area contributed by atoms with Crippen LogP contribution in [0.15, 0.2) is 12.5 Å². The van der Waals surface area contributed by atoms with Gasteiger partial charge in [0.25, 0.3) is 0 Å². The van der Waals surface area contributed by atoms with E-state index in [4.69, 9.17) is 15.2 Å². The van der Waals surface area contributed by atoms with E-state index in [9.17, 15) is 4.79 Å². The van der Waals surface area contributed by atoms with E-state index in [0.717, 1.165) is 18.7 Å². The summed E-state index contributed by atoms with van der Waals surface area (Å²) in [6, 6.07) is -0.576. The highest BCUT2D eigenvalue weighted by atomic mass is 16.5. The Labute approximate surface area is 112 Å². The van der Waals surface area contributed by atoms with E-state index in [1.54, 1.807) is 30.9 Å². The number of carbonyl (C=O) groups is 1. The molecule has 0 saturated carbocycles. The molecular formula is C13H21N3O3. The Morgan fingerprint density at radius 3 is 3.16 bits per heavy atom. The van der Waals surface area contributed by atoms with Crippen LogP contribution in [0, 0.1) is 5.92 Å². The zero-order valence-electron chi connectivity index (χ0n) is 11.4. The number of carbonyl (C=O) groups excluding carboxylic acids is 1. The maximum absolute atomic E-state index is 11.8. The van der Waals surface area contributed by atoms with Crippen LogP contribution in [-0.2, 0) is 14.3 Å². The summed E-state index contributed by atoms with van der Waals surface area (Å²) in [5.41, 5.74) is 7.12. The molecule has 2 heterocycles. The van der Waals surface area contributed by atoms with Gasteiger partial charge in [-0.05, 0) is 20.3 Å². The van der Waals surface area contributed by atoms with Gasteiger partial charge in [0.2, 0.25) is 0 Å². The monoisotopic (exact) mass is 267 g/mol. The zero-order valence-corrected chi connectivity index (χ0v) is 11.4. The van der Waals surface area contributed by atoms with Crippen LogP contribution in [-0.4, -0.2) is 35.3 Å². The number of aromatic nitrogens is 2. The van der Waals surface area contributed by atoms with Crippen molar-refractivity contribution in [3.63, 3.8) is 0 Å². The van der Waals surface area contributed by atoms with Crippen LogP contribution in [0.3, 0.4) is 0 Å². The fourth-order valence-corrected chi connectivity index (χ4v) is 2.35. The van der Waals surface area contributed by atoms with Gasteiger partial charge in [0.05, 0.1) is 31.3 Å². The van der Waals surface area contributed by atoms with Gasteiger partial charge < -0.3 is 19.8 Å². The van der Waals surface area contributed by atoms with Crippen molar-refractivity contribution in [3.05, 3.63) is 18.2 Å². The van der Waals surface area contributed by atoms with Gasteiger partial charge >= 0.3 is 5.97 Å². The standard InChI is InChI=1S/C13H21N3O3/c1-3-19-13(17)9(2)16-8-15-6-11(16)12(14)10-4-5-18-7-10/h6,8-10,12H,3-5,7,14H2,1-2H3. The molecule has 2 rings (SSSR count). The number of hydrogen-bond acceptors (Lipinski definition) is 5. The Balaban J connectivity index is 2.14. The van der Waals surface area contributed by atoms with Gasteiger partial charge in [-0.2, -0.15) is 0 Å². The largest absolute Gasteiger partial charge is 0.464 e. The quantitative estimate of drug-likeness (QED) is 0.806. The first-order valence-electron chi connectivity index (χ1n) is 6.66. The number of esters is 1. The van der Waals surface area contributed by atoms with Crippen LogP contribution in [0.2, 0.25) is 0 Å². The molecule has 106 valence electrons. The summed E-state index contributed by atoms with van der Waals surface area (Å²) in [4.78, 5) is 15.9. The minimum Gasteiger partial charge on any atom is -0.464 e. The second-order valence-corrected chi connectivity index (χ2v) is 4.80. The third kappa shape index (κ3) is 2.96. The van der Waals surface area contributed by atoms with Crippen molar-refractivity contribution < 1.29 is 14.3 Å². The molecule has 1 aromatic rings. The van der Waals surface area contributed by atoms with E-state index in [1.165, 1.54) is 0 Å². The Hall–Kier alpha value is -1.40. The van der Waals surface area contributed by atoms with Crippen molar-refractivity contribution in [3.8, 4) is 0 Å². The highest BCUT2D eigenvalue weighted by molar-refractivity contribution is 5.73. The fraction of sp³-hybridized carbons (Fsp3) is 0.692. The number of hydrogen-bond donors (Lipinski definition) is 1. The van der Waals surface area contributed by atoms with Gasteiger partial charge in [-0.25, -0.2) is 9.78 Å². The molecule has 0 aliphatic carbocycles. The molecule has 1 aromatic heterocycles. The summed E-state index contributed by atoms with van der Waals surface area (Å²) in [7, 11) is 0. The molecule has 2 N–H and O–H groups in total. The maximum Gasteiger partial charge on any atom is 0.328 e. The first-order valence-corrected chi connectivity index (χ1v) is 6.66. The molecule has 0 bridgehead atoms. The Kier molecular flexibility index (Phi) is 4.55. The summed E-state index contributed by atoms with van der Waals surface area (Å²) < 4.78 is 12.2. The van der Waals surface area contributed by atoms with E-state index < -0.39 is 6.04 Å². The third-order valence-corrected chi connectivity index (χ3v) is 3.56. The first-order chi connectivity index (χ1) is 9.15. The van der Waals surface area contributed by atoms with Gasteiger partial charge in [0.15, 0.2) is 0 Å². The van der Waals surface area contributed by atoms with Gasteiger partial charge in [-0.1, -0.05) is 0 Å². The van der Waals surface area contributed by atoms with Gasteiger partial charge in [-0.15, -0.1) is 0 Å². The average Bonchev–Trinajstić information content (AvgIpc) is 3.08. The normalized spacial score (nSPS) is 22.2. The fourth-order valence-electron chi connectivity index (χ4n) is 2.35. The summed E-state index contributed by atoms with van der Waals surface area (Å²) >= 11 is 0. The molecular weight excluding hydrogens is 246 g/mol. The van der Waals surface area contributed by atoms with Crippen molar-refractivity contribution in [1.29, 1.82) is 0 Å². The van der Waals surface area contributed by atoms with Crippen LogP contribution in [0.5, 0.6) is 0 Å². The third-order valence-electron chi connectivity index (χ3n) is 3.56. The summed E-state index contributed by atoms with van der Waals surface area (Å²) in [5.74, 6) is 0.0152. The second-order valence-electron chi connectivity index (χ2n) is 4.80. The first kappa shape index (κ1) is 14.0. The number of rotatable bonds is 5. The molecule has 0 radical (unpaired) electrons. The summed E-state index contributed by atoms with van der Waals surface area (Å²) in [6.45, 7) is 5.37. The van der Waals surface area contributed by atoms with E-state index in [2.05, 4.69) is 4.98 Å². The predicted molar refractivity (Wildman–Crippen MR) is 69.4 cm³/mol. The lowest BCUT2D eigenvalue weighted by atomic mass is 9.97. The van der Waals surface area contributed by atoms with Gasteiger partial charge in [-0.3, -0.25) is 0 Å². The predicted octanol–water partition coefficient (Wildman–Crippen LogP) is 1.04. The SMILES string of the molecule is CCOC(=O)C(C)n1cncc1C(N)C1CCOC1. The Morgan fingerprint density at radius 2 is 2.53 bits per heavy atom. The van der Waals surface area contributed by atoms with Crippen molar-refractivity contribution in [2.45, 2.75) is 32.4 Å². The van der Waals surface area contributed by atoms with Crippen LogP contribution >= 0.6 is 0 Å². The number of nitrogens with two attached hydrogens (primary N) is 1. The lowest BCUT2D eigenvalue weighted by Gasteiger charge is -2.22. The van der Waals surface area contributed by atoms with Crippen molar-refractivity contribution in [2.24, 2.45) is 11.7 Å². The zero-order chi connectivity index (χ0) is 13.8. The lowest BCUT2D eigenvalue weighted by molar-refractivity contribution is -0.146. The number of nitrogens with zero attached hydrogens (tertiary/aromatic N) is 2. The van der Waals surface area contributed by atoms with Crippen LogP contribution < -0.4 is 5.73 Å². The van der Waals surface area contributed by atoms with Crippen LogP contribution in [0.1, 0.15) is 38.0 Å². The molecule has 6 heteroatoms. The van der Waals surface area contributed by atoms with Crippen molar-refractivity contribution in [1.82, 2.24) is 9.55 Å². The average molecular weight is 267 g/mol. The molecule has 3 unspecified atom stereocenters. The number of ether oxygens (including phenoxy) is 2. The van der Waals surface area contributed by atoms with Gasteiger partial charge in [0.1, 0.15) is 6.04 Å². The van der Waals surface area contributed by atoms with Gasteiger partial charge in [0, 0.05) is 18.7 Å². The Bertz CT molecular complexity index is 427. The van der Waals surface area contributed by atoms with E-state index >= 15 is 0 Å². The van der Waals surface area contributed by atoms with Crippen molar-refractivity contribution >= 4 is 5.97 Å². The molecule has 6 nitrogen and oxygen atoms in total. The molecule has 3 atom stereocenters. The van der Waals surface area contributed by atoms with E-state index in [1.807, 2.05) is 0 Å². The smallest absolute Gasteiger partial charge is 0.328 e. The van der Waals surface area contributed by atoms with Crippen LogP contribution in [0.25, 0.3) is 0 Å². The van der Waals surface area contributed by atoms with E-state index in [-0.39, 0.29) is 17.9 Å². The maximum atomic E-state index is 11.8. The lowest BCUT2D eigenvalue weighted by Crippen LogP contribution is -2.27. The molecule has 1 aliphatic rings. The number of imidazole rings is 1. The highest BCUT2D eigenvalue weighted by Gasteiger charge is 2.28. The minimum atomic E-state index is -0.411. The topological polar surface area (TPSA) is 79.4 Å². The molecule has 0 amide bonds. The Morgan fingerprint density at radius 1 is 1.74 bits per heavy atom. The molecule has 1 aliphatic heterocycles. The molecule has 1 saturated heterocycles. The molecule has 0 spiro atoms. The molecule has 1 fully saturated rings. The van der Waals surface area contributed by atoms with Crippen molar-refractivity contribution in [2.75, 3.05) is 19.8 Å². The molecule has 19 heavy (non-hydrogen) atoms. The highest BCUT2D eigenvalue weighted by Crippen LogP contribution is 2.28. The minimum absolute atomic E-state index is 0.165. The summed E-state index contributed by atoms with van der Waals surface area (Å²) in [5, 5.41) is 0. The summed E-state index contributed by atoms with van der Waals surface area (Å²) in [6.07, 6.45) is 4.30. The van der Waals surface area contributed by atoms with Crippen LogP contribution in [0.4, 0.5) is 0 Å². The van der Waals surface area contributed by atoms with E-state index in [0.29, 0.717) is 13.2 Å².